The molecule has 0 saturated carbocycles. The second kappa shape index (κ2) is 6.20. The highest BCUT2D eigenvalue weighted by Gasteiger charge is 2.18. The van der Waals surface area contributed by atoms with Gasteiger partial charge in [0.1, 0.15) is 5.75 Å². The van der Waals surface area contributed by atoms with Crippen molar-refractivity contribution in [3.05, 3.63) is 62.1 Å². The quantitative estimate of drug-likeness (QED) is 0.870. The van der Waals surface area contributed by atoms with Gasteiger partial charge in [0, 0.05) is 10.0 Å². The van der Waals surface area contributed by atoms with Gasteiger partial charge in [0.05, 0.1) is 13.2 Å². The van der Waals surface area contributed by atoms with Crippen LogP contribution >= 0.6 is 15.9 Å². The number of nitrogens with two attached hydrogens (primary N) is 1. The first kappa shape index (κ1) is 16.1. The van der Waals surface area contributed by atoms with E-state index in [0.717, 1.165) is 26.9 Å². The lowest BCUT2D eigenvalue weighted by atomic mass is 9.92. The Morgan fingerprint density at radius 2 is 1.52 bits per heavy atom. The molecule has 2 aromatic carbocycles. The molecule has 0 amide bonds. The number of halogens is 1. The normalized spacial score (nSPS) is 12.3. The van der Waals surface area contributed by atoms with Crippen molar-refractivity contribution in [3.63, 3.8) is 0 Å². The monoisotopic (exact) mass is 347 g/mol. The molecule has 112 valence electrons. The summed E-state index contributed by atoms with van der Waals surface area (Å²) in [6.45, 7) is 8.33. The van der Waals surface area contributed by atoms with Crippen LogP contribution in [0.1, 0.15) is 39.4 Å². The fourth-order valence-corrected chi connectivity index (χ4v) is 3.06. The number of aryl methyl sites for hydroxylation is 4. The van der Waals surface area contributed by atoms with Crippen LogP contribution in [0.15, 0.2) is 28.7 Å². The van der Waals surface area contributed by atoms with E-state index < -0.39 is 0 Å². The van der Waals surface area contributed by atoms with E-state index >= 15 is 0 Å². The van der Waals surface area contributed by atoms with Crippen molar-refractivity contribution in [1.82, 2.24) is 0 Å². The van der Waals surface area contributed by atoms with Crippen molar-refractivity contribution in [1.29, 1.82) is 0 Å². The molecule has 3 heteroatoms. The Morgan fingerprint density at radius 1 is 0.952 bits per heavy atom. The fraction of sp³-hybridized carbons (Fsp3) is 0.333. The van der Waals surface area contributed by atoms with Crippen molar-refractivity contribution >= 4 is 15.9 Å². The third-order valence-electron chi connectivity index (χ3n) is 3.84. The van der Waals surface area contributed by atoms with Crippen LogP contribution in [0, 0.1) is 27.7 Å². The summed E-state index contributed by atoms with van der Waals surface area (Å²) in [7, 11) is 1.70. The molecule has 0 saturated heterocycles. The van der Waals surface area contributed by atoms with Gasteiger partial charge >= 0.3 is 0 Å². The fourth-order valence-electron chi connectivity index (χ4n) is 2.83. The van der Waals surface area contributed by atoms with Gasteiger partial charge in [-0.3, -0.25) is 0 Å². The van der Waals surface area contributed by atoms with Crippen LogP contribution in [0.2, 0.25) is 0 Å². The van der Waals surface area contributed by atoms with Crippen LogP contribution < -0.4 is 10.5 Å². The largest absolute Gasteiger partial charge is 0.496 e. The van der Waals surface area contributed by atoms with Crippen LogP contribution in [0.5, 0.6) is 5.75 Å². The first-order chi connectivity index (χ1) is 9.85. The first-order valence-electron chi connectivity index (χ1n) is 7.02. The molecule has 0 aromatic heterocycles. The molecule has 0 fully saturated rings. The topological polar surface area (TPSA) is 35.2 Å². The Bertz CT molecular complexity index is 656. The predicted octanol–water partition coefficient (Wildman–Crippen LogP) is 4.74. The van der Waals surface area contributed by atoms with Crippen LogP contribution in [-0.4, -0.2) is 7.11 Å². The van der Waals surface area contributed by atoms with E-state index in [9.17, 15) is 0 Å². The van der Waals surface area contributed by atoms with Gasteiger partial charge in [-0.15, -0.1) is 0 Å². The van der Waals surface area contributed by atoms with Gasteiger partial charge in [-0.2, -0.15) is 0 Å². The molecule has 0 bridgehead atoms. The van der Waals surface area contributed by atoms with Crippen molar-refractivity contribution in [2.45, 2.75) is 33.7 Å². The molecule has 0 aliphatic rings. The smallest absolute Gasteiger partial charge is 0.124 e. The van der Waals surface area contributed by atoms with Crippen LogP contribution in [0.3, 0.4) is 0 Å². The van der Waals surface area contributed by atoms with Gasteiger partial charge in [-0.25, -0.2) is 0 Å². The lowest BCUT2D eigenvalue weighted by molar-refractivity contribution is 0.407. The molecule has 0 radical (unpaired) electrons. The van der Waals surface area contributed by atoms with E-state index in [1.807, 2.05) is 6.07 Å². The van der Waals surface area contributed by atoms with Crippen molar-refractivity contribution in [2.24, 2.45) is 5.73 Å². The number of hydrogen-bond donors (Lipinski definition) is 1. The minimum absolute atomic E-state index is 0.189. The Balaban J connectivity index is 2.57. The zero-order chi connectivity index (χ0) is 15.7. The second-order valence-electron chi connectivity index (χ2n) is 5.64. The SMILES string of the molecule is COc1cc(C)cc(C)c1C(N)c1cc(C)c(Br)c(C)c1. The Hall–Kier alpha value is -1.32. The molecule has 1 atom stereocenters. The van der Waals surface area contributed by atoms with E-state index in [1.54, 1.807) is 7.11 Å². The molecule has 21 heavy (non-hydrogen) atoms. The van der Waals surface area contributed by atoms with E-state index in [0.29, 0.717) is 0 Å². The maximum Gasteiger partial charge on any atom is 0.124 e. The zero-order valence-electron chi connectivity index (χ0n) is 13.3. The maximum absolute atomic E-state index is 6.54. The maximum atomic E-state index is 6.54. The van der Waals surface area contributed by atoms with Crippen molar-refractivity contribution in [2.75, 3.05) is 7.11 Å². The van der Waals surface area contributed by atoms with Gasteiger partial charge < -0.3 is 10.5 Å². The second-order valence-corrected chi connectivity index (χ2v) is 6.44. The summed E-state index contributed by atoms with van der Waals surface area (Å²) < 4.78 is 6.69. The third kappa shape index (κ3) is 3.14. The van der Waals surface area contributed by atoms with Crippen LogP contribution in [0.4, 0.5) is 0 Å². The van der Waals surface area contributed by atoms with Crippen LogP contribution in [-0.2, 0) is 0 Å². The summed E-state index contributed by atoms with van der Waals surface area (Å²) in [5, 5.41) is 0. The summed E-state index contributed by atoms with van der Waals surface area (Å²) in [5.41, 5.74) is 13.5. The molecule has 0 spiro atoms. The predicted molar refractivity (Wildman–Crippen MR) is 92.1 cm³/mol. The average molecular weight is 348 g/mol. The molecule has 2 N–H and O–H groups in total. The molecule has 2 rings (SSSR count). The van der Waals surface area contributed by atoms with Crippen molar-refractivity contribution in [3.8, 4) is 5.75 Å². The summed E-state index contributed by atoms with van der Waals surface area (Å²) >= 11 is 3.61. The molecule has 2 nitrogen and oxygen atoms in total. The molecule has 0 heterocycles. The van der Waals surface area contributed by atoms with Gasteiger partial charge in [-0.1, -0.05) is 34.1 Å². The van der Waals surface area contributed by atoms with Gasteiger partial charge in [0.25, 0.3) is 0 Å². The molecule has 0 aliphatic carbocycles. The van der Waals surface area contributed by atoms with Gasteiger partial charge in [-0.05, 0) is 61.6 Å². The molecule has 2 aromatic rings. The summed E-state index contributed by atoms with van der Waals surface area (Å²) in [6.07, 6.45) is 0. The number of ether oxygens (including phenoxy) is 1. The van der Waals surface area contributed by atoms with E-state index in [2.05, 4.69) is 61.8 Å². The van der Waals surface area contributed by atoms with Crippen LogP contribution in [0.25, 0.3) is 0 Å². The zero-order valence-corrected chi connectivity index (χ0v) is 14.8. The Morgan fingerprint density at radius 3 is 2.05 bits per heavy atom. The molecular weight excluding hydrogens is 326 g/mol. The Kier molecular flexibility index (Phi) is 4.74. The highest BCUT2D eigenvalue weighted by atomic mass is 79.9. The standard InChI is InChI=1S/C18H22BrNO/c1-10-6-11(2)16(15(7-10)21-5)18(20)14-8-12(3)17(19)13(4)9-14/h6-9,18H,20H2,1-5H3. The summed E-state index contributed by atoms with van der Waals surface area (Å²) in [6, 6.07) is 8.28. The van der Waals surface area contributed by atoms with Crippen molar-refractivity contribution < 1.29 is 4.74 Å². The minimum atomic E-state index is -0.189. The minimum Gasteiger partial charge on any atom is -0.496 e. The molecule has 0 aliphatic heterocycles. The van der Waals surface area contributed by atoms with E-state index in [1.165, 1.54) is 16.7 Å². The number of methoxy groups -OCH3 is 1. The lowest BCUT2D eigenvalue weighted by Crippen LogP contribution is -2.15. The number of benzene rings is 2. The van der Waals surface area contributed by atoms with E-state index in [4.69, 9.17) is 10.5 Å². The number of rotatable bonds is 3. The number of hydrogen-bond acceptors (Lipinski definition) is 2. The highest BCUT2D eigenvalue weighted by molar-refractivity contribution is 9.10. The summed E-state index contributed by atoms with van der Waals surface area (Å²) in [4.78, 5) is 0. The van der Waals surface area contributed by atoms with Gasteiger partial charge in [0.15, 0.2) is 0 Å². The Labute approximate surface area is 135 Å². The van der Waals surface area contributed by atoms with Gasteiger partial charge in [0.2, 0.25) is 0 Å². The summed E-state index contributed by atoms with van der Waals surface area (Å²) in [5.74, 6) is 0.859. The first-order valence-corrected chi connectivity index (χ1v) is 7.81. The average Bonchev–Trinajstić information content (AvgIpc) is 2.42. The highest BCUT2D eigenvalue weighted by Crippen LogP contribution is 2.34. The van der Waals surface area contributed by atoms with E-state index in [-0.39, 0.29) is 6.04 Å². The third-order valence-corrected chi connectivity index (χ3v) is 5.09. The molecular formula is C18H22BrNO. The lowest BCUT2D eigenvalue weighted by Gasteiger charge is -2.21. The molecule has 1 unspecified atom stereocenters.